The normalized spacial score (nSPS) is 13.1. The molecule has 7 heteroatoms. The van der Waals surface area contributed by atoms with Crippen LogP contribution < -0.4 is 10.1 Å². The van der Waals surface area contributed by atoms with Crippen LogP contribution in [0.3, 0.4) is 0 Å². The second-order valence-electron chi connectivity index (χ2n) is 4.28. The van der Waals surface area contributed by atoms with Crippen molar-refractivity contribution in [2.24, 2.45) is 0 Å². The molecule has 0 fully saturated rings. The maximum absolute atomic E-state index is 12.4. The molecule has 1 unspecified atom stereocenters. The van der Waals surface area contributed by atoms with Gasteiger partial charge in [-0.25, -0.2) is 0 Å². The fourth-order valence-corrected chi connectivity index (χ4v) is 2.55. The van der Waals surface area contributed by atoms with Crippen molar-refractivity contribution in [3.63, 3.8) is 0 Å². The smallest absolute Gasteiger partial charge is 0.405 e. The van der Waals surface area contributed by atoms with Gasteiger partial charge in [0.05, 0.1) is 12.6 Å². The number of ether oxygens (including phenoxy) is 1. The third-order valence-corrected chi connectivity index (χ3v) is 3.68. The van der Waals surface area contributed by atoms with Crippen molar-refractivity contribution in [1.82, 2.24) is 5.32 Å². The van der Waals surface area contributed by atoms with Crippen molar-refractivity contribution < 1.29 is 23.0 Å². The molecule has 0 aliphatic heterocycles. The number of thiophene rings is 1. The summed E-state index contributed by atoms with van der Waals surface area (Å²) in [7, 11) is 0. The molecular weight excluding hydrogens is 303 g/mol. The number of nitrogens with one attached hydrogen (secondary N) is 1. The largest absolute Gasteiger partial charge is 0.573 e. The Labute approximate surface area is 124 Å². The molecule has 0 amide bonds. The van der Waals surface area contributed by atoms with Gasteiger partial charge in [0, 0.05) is 17.0 Å². The Morgan fingerprint density at radius 1 is 1.19 bits per heavy atom. The van der Waals surface area contributed by atoms with E-state index in [9.17, 15) is 18.3 Å². The molecule has 0 saturated heterocycles. The molecule has 2 rings (SSSR count). The molecule has 1 aromatic heterocycles. The van der Waals surface area contributed by atoms with Crippen molar-refractivity contribution in [1.29, 1.82) is 0 Å². The molecule has 1 atom stereocenters. The van der Waals surface area contributed by atoms with Gasteiger partial charge in [0.2, 0.25) is 0 Å². The Bertz CT molecular complexity index is 558. The summed E-state index contributed by atoms with van der Waals surface area (Å²) in [6.07, 6.45) is -4.76. The third kappa shape index (κ3) is 4.73. The second kappa shape index (κ2) is 6.93. The topological polar surface area (TPSA) is 41.5 Å². The SMILES string of the molecule is OCC(NCc1cccs1)c1ccccc1OC(F)(F)F. The number of alkyl halides is 3. The van der Waals surface area contributed by atoms with Gasteiger partial charge in [-0.15, -0.1) is 24.5 Å². The van der Waals surface area contributed by atoms with E-state index in [0.717, 1.165) is 4.88 Å². The zero-order valence-corrected chi connectivity index (χ0v) is 11.7. The summed E-state index contributed by atoms with van der Waals surface area (Å²) >= 11 is 1.53. The number of para-hydroxylation sites is 1. The van der Waals surface area contributed by atoms with Crippen molar-refractivity contribution in [3.05, 3.63) is 52.2 Å². The average Bonchev–Trinajstić information content (AvgIpc) is 2.92. The first-order chi connectivity index (χ1) is 9.99. The number of aliphatic hydroxyl groups excluding tert-OH is 1. The summed E-state index contributed by atoms with van der Waals surface area (Å²) in [5, 5.41) is 14.4. The molecule has 0 aliphatic carbocycles. The standard InChI is InChI=1S/C14H14F3NO2S/c15-14(16,17)20-13-6-2-1-5-11(13)12(9-19)18-8-10-4-3-7-21-10/h1-7,12,18-19H,8-9H2. The summed E-state index contributed by atoms with van der Waals surface area (Å²) in [4.78, 5) is 1.03. The van der Waals surface area contributed by atoms with E-state index < -0.39 is 12.4 Å². The highest BCUT2D eigenvalue weighted by atomic mass is 32.1. The van der Waals surface area contributed by atoms with E-state index in [4.69, 9.17) is 0 Å². The number of rotatable bonds is 6. The van der Waals surface area contributed by atoms with Crippen LogP contribution in [0.5, 0.6) is 5.75 Å². The molecule has 1 aromatic carbocycles. The highest BCUT2D eigenvalue weighted by molar-refractivity contribution is 7.09. The lowest BCUT2D eigenvalue weighted by atomic mass is 10.1. The zero-order chi connectivity index (χ0) is 15.3. The third-order valence-electron chi connectivity index (χ3n) is 2.81. The maximum atomic E-state index is 12.4. The minimum absolute atomic E-state index is 0.272. The maximum Gasteiger partial charge on any atom is 0.573 e. The van der Waals surface area contributed by atoms with Gasteiger partial charge < -0.3 is 15.2 Å². The van der Waals surface area contributed by atoms with Crippen LogP contribution in [0.1, 0.15) is 16.5 Å². The Balaban J connectivity index is 2.13. The molecule has 0 saturated carbocycles. The van der Waals surface area contributed by atoms with E-state index in [1.54, 1.807) is 6.07 Å². The molecular formula is C14H14F3NO2S. The predicted octanol–water partition coefficient (Wildman–Crippen LogP) is 3.47. The Hall–Kier alpha value is -1.57. The van der Waals surface area contributed by atoms with Gasteiger partial charge in [0.15, 0.2) is 0 Å². The van der Waals surface area contributed by atoms with Crippen LogP contribution in [0.2, 0.25) is 0 Å². The highest BCUT2D eigenvalue weighted by Gasteiger charge is 2.32. The van der Waals surface area contributed by atoms with Gasteiger partial charge in [0.1, 0.15) is 5.75 Å². The minimum atomic E-state index is -4.76. The fourth-order valence-electron chi connectivity index (χ4n) is 1.90. The quantitative estimate of drug-likeness (QED) is 0.857. The second-order valence-corrected chi connectivity index (χ2v) is 5.31. The number of aliphatic hydroxyl groups is 1. The summed E-state index contributed by atoms with van der Waals surface area (Å²) in [5.41, 5.74) is 0.272. The molecule has 3 nitrogen and oxygen atoms in total. The van der Waals surface area contributed by atoms with Gasteiger partial charge in [-0.1, -0.05) is 24.3 Å². The molecule has 1 heterocycles. The summed E-state index contributed by atoms with van der Waals surface area (Å²) in [6, 6.07) is 8.96. The summed E-state index contributed by atoms with van der Waals surface area (Å²) in [6.45, 7) is 0.132. The van der Waals surface area contributed by atoms with Crippen LogP contribution in [0.25, 0.3) is 0 Å². The molecule has 2 aromatic rings. The highest BCUT2D eigenvalue weighted by Crippen LogP contribution is 2.30. The van der Waals surface area contributed by atoms with E-state index in [0.29, 0.717) is 6.54 Å². The van der Waals surface area contributed by atoms with Crippen LogP contribution in [0.15, 0.2) is 41.8 Å². The number of halogens is 3. The van der Waals surface area contributed by atoms with Crippen molar-refractivity contribution >= 4 is 11.3 Å². The first kappa shape index (κ1) is 15.8. The minimum Gasteiger partial charge on any atom is -0.405 e. The van der Waals surface area contributed by atoms with Gasteiger partial charge in [0.25, 0.3) is 0 Å². The lowest BCUT2D eigenvalue weighted by molar-refractivity contribution is -0.275. The molecule has 0 radical (unpaired) electrons. The van der Waals surface area contributed by atoms with E-state index in [1.165, 1.54) is 29.5 Å². The first-order valence-electron chi connectivity index (χ1n) is 6.21. The fraction of sp³-hybridized carbons (Fsp3) is 0.286. The predicted molar refractivity (Wildman–Crippen MR) is 74.1 cm³/mol. The van der Waals surface area contributed by atoms with Crippen LogP contribution in [-0.2, 0) is 6.54 Å². The van der Waals surface area contributed by atoms with E-state index in [1.807, 2.05) is 17.5 Å². The Morgan fingerprint density at radius 2 is 1.95 bits per heavy atom. The van der Waals surface area contributed by atoms with Gasteiger partial charge in [-0.2, -0.15) is 0 Å². The Kier molecular flexibility index (Phi) is 5.22. The van der Waals surface area contributed by atoms with Crippen LogP contribution in [0.4, 0.5) is 13.2 Å². The van der Waals surface area contributed by atoms with E-state index >= 15 is 0 Å². The molecule has 0 spiro atoms. The molecule has 0 aliphatic rings. The number of benzene rings is 1. The average molecular weight is 317 g/mol. The monoisotopic (exact) mass is 317 g/mol. The first-order valence-corrected chi connectivity index (χ1v) is 7.09. The van der Waals surface area contributed by atoms with Gasteiger partial charge in [-0.05, 0) is 17.5 Å². The molecule has 0 bridgehead atoms. The lowest BCUT2D eigenvalue weighted by Gasteiger charge is -2.20. The molecule has 21 heavy (non-hydrogen) atoms. The number of hydrogen-bond donors (Lipinski definition) is 2. The van der Waals surface area contributed by atoms with Crippen LogP contribution in [-0.4, -0.2) is 18.1 Å². The van der Waals surface area contributed by atoms with Crippen molar-refractivity contribution in [3.8, 4) is 5.75 Å². The summed E-state index contributed by atoms with van der Waals surface area (Å²) in [5.74, 6) is -0.303. The van der Waals surface area contributed by atoms with Gasteiger partial charge in [-0.3, -0.25) is 0 Å². The van der Waals surface area contributed by atoms with E-state index in [2.05, 4.69) is 10.1 Å². The molecule has 2 N–H and O–H groups in total. The summed E-state index contributed by atoms with van der Waals surface area (Å²) < 4.78 is 41.2. The molecule has 114 valence electrons. The van der Waals surface area contributed by atoms with Gasteiger partial charge >= 0.3 is 6.36 Å². The van der Waals surface area contributed by atoms with E-state index in [-0.39, 0.29) is 17.9 Å². The zero-order valence-electron chi connectivity index (χ0n) is 10.9. The van der Waals surface area contributed by atoms with Crippen molar-refractivity contribution in [2.45, 2.75) is 18.9 Å². The lowest BCUT2D eigenvalue weighted by Crippen LogP contribution is -2.26. The van der Waals surface area contributed by atoms with Crippen LogP contribution >= 0.6 is 11.3 Å². The van der Waals surface area contributed by atoms with Crippen molar-refractivity contribution in [2.75, 3.05) is 6.61 Å². The Morgan fingerprint density at radius 3 is 2.57 bits per heavy atom. The van der Waals surface area contributed by atoms with Crippen LogP contribution in [0, 0.1) is 0 Å². The number of hydrogen-bond acceptors (Lipinski definition) is 4.